The largest absolute Gasteiger partial charge is 0.423 e. The van der Waals surface area contributed by atoms with Crippen LogP contribution in [0.1, 0.15) is 17.7 Å². The predicted octanol–water partition coefficient (Wildman–Crippen LogP) is 3.17. The Balaban J connectivity index is 1.50. The maximum absolute atomic E-state index is 12.5. The Bertz CT molecular complexity index is 779. The molecule has 0 spiro atoms. The van der Waals surface area contributed by atoms with Gasteiger partial charge in [-0.2, -0.15) is 4.98 Å². The maximum Gasteiger partial charge on any atom is 0.299 e. The van der Waals surface area contributed by atoms with Gasteiger partial charge in [0, 0.05) is 11.4 Å². The van der Waals surface area contributed by atoms with Gasteiger partial charge >= 0.3 is 0 Å². The van der Waals surface area contributed by atoms with Crippen molar-refractivity contribution in [3.8, 4) is 0 Å². The third kappa shape index (κ3) is 2.82. The highest BCUT2D eigenvalue weighted by Gasteiger charge is 2.33. The molecule has 0 unspecified atom stereocenters. The van der Waals surface area contributed by atoms with Gasteiger partial charge < -0.3 is 14.6 Å². The Morgan fingerprint density at radius 2 is 2.26 bits per heavy atom. The monoisotopic (exact) mass is 327 g/mol. The molecular weight excluding hydrogens is 310 g/mol. The van der Waals surface area contributed by atoms with Crippen molar-refractivity contribution >= 4 is 34.4 Å². The van der Waals surface area contributed by atoms with E-state index in [-0.39, 0.29) is 11.9 Å². The predicted molar refractivity (Wildman–Crippen MR) is 90.5 cm³/mol. The van der Waals surface area contributed by atoms with Crippen LogP contribution in [0.4, 0.5) is 6.01 Å². The molecule has 0 radical (unpaired) electrons. The zero-order valence-electron chi connectivity index (χ0n) is 12.6. The molecule has 0 bridgehead atoms. The average molecular weight is 327 g/mol. The van der Waals surface area contributed by atoms with E-state index < -0.39 is 0 Å². The molecule has 4 rings (SSSR count). The number of anilines is 1. The summed E-state index contributed by atoms with van der Waals surface area (Å²) in [5.41, 5.74) is 1.58. The number of para-hydroxylation sites is 2. The second-order valence-corrected chi connectivity index (χ2v) is 6.64. The van der Waals surface area contributed by atoms with Gasteiger partial charge in [-0.1, -0.05) is 18.2 Å². The molecule has 0 aliphatic carbocycles. The molecule has 23 heavy (non-hydrogen) atoms. The Morgan fingerprint density at radius 3 is 3.09 bits per heavy atom. The first kappa shape index (κ1) is 14.3. The number of nitrogens with one attached hydrogen (secondary N) is 1. The van der Waals surface area contributed by atoms with E-state index in [1.54, 1.807) is 11.3 Å². The van der Waals surface area contributed by atoms with Gasteiger partial charge in [0.15, 0.2) is 5.58 Å². The Labute approximate surface area is 137 Å². The van der Waals surface area contributed by atoms with Gasteiger partial charge in [-0.05, 0) is 36.4 Å². The van der Waals surface area contributed by atoms with Crippen molar-refractivity contribution in [3.63, 3.8) is 0 Å². The standard InChI is InChI=1S/C17H17N3O2S/c21-16(18-11-12-5-4-10-23-12)14-7-3-9-20(14)17-19-13-6-1-2-8-15(13)22-17/h1-2,4-6,8,10,14H,3,7,9,11H2,(H,18,21)/t14-/m0/s1. The quantitative estimate of drug-likeness (QED) is 0.799. The van der Waals surface area contributed by atoms with Gasteiger partial charge in [-0.15, -0.1) is 11.3 Å². The molecule has 2 aromatic heterocycles. The maximum atomic E-state index is 12.5. The molecule has 3 aromatic rings. The summed E-state index contributed by atoms with van der Waals surface area (Å²) in [6, 6.07) is 12.0. The van der Waals surface area contributed by atoms with Crippen LogP contribution >= 0.6 is 11.3 Å². The first-order chi connectivity index (χ1) is 11.3. The lowest BCUT2D eigenvalue weighted by Gasteiger charge is -2.21. The van der Waals surface area contributed by atoms with E-state index in [0.29, 0.717) is 12.6 Å². The number of aromatic nitrogens is 1. The van der Waals surface area contributed by atoms with Gasteiger partial charge in [-0.3, -0.25) is 4.79 Å². The van der Waals surface area contributed by atoms with Crippen molar-refractivity contribution in [1.29, 1.82) is 0 Å². The molecule has 3 heterocycles. The summed E-state index contributed by atoms with van der Waals surface area (Å²) < 4.78 is 5.82. The Morgan fingerprint density at radius 1 is 1.35 bits per heavy atom. The number of amides is 1. The summed E-state index contributed by atoms with van der Waals surface area (Å²) >= 11 is 1.65. The molecule has 0 saturated carbocycles. The van der Waals surface area contributed by atoms with Crippen LogP contribution in [0.15, 0.2) is 46.2 Å². The first-order valence-electron chi connectivity index (χ1n) is 7.73. The third-order valence-corrected chi connectivity index (χ3v) is 4.98. The van der Waals surface area contributed by atoms with Crippen molar-refractivity contribution in [2.24, 2.45) is 0 Å². The number of benzene rings is 1. The molecule has 118 valence electrons. The van der Waals surface area contributed by atoms with Gasteiger partial charge in [0.25, 0.3) is 6.01 Å². The van der Waals surface area contributed by atoms with Crippen LogP contribution in [-0.2, 0) is 11.3 Å². The summed E-state index contributed by atoms with van der Waals surface area (Å²) in [6.45, 7) is 1.37. The third-order valence-electron chi connectivity index (χ3n) is 4.10. The van der Waals surface area contributed by atoms with Gasteiger partial charge in [0.1, 0.15) is 11.6 Å². The molecule has 1 atom stereocenters. The van der Waals surface area contributed by atoms with Crippen molar-refractivity contribution in [1.82, 2.24) is 10.3 Å². The fourth-order valence-electron chi connectivity index (χ4n) is 2.96. The van der Waals surface area contributed by atoms with Crippen LogP contribution < -0.4 is 10.2 Å². The van der Waals surface area contributed by atoms with Crippen molar-refractivity contribution in [2.75, 3.05) is 11.4 Å². The van der Waals surface area contributed by atoms with E-state index in [0.717, 1.165) is 35.4 Å². The number of nitrogens with zero attached hydrogens (tertiary/aromatic N) is 2. The highest BCUT2D eigenvalue weighted by molar-refractivity contribution is 7.09. The molecule has 1 fully saturated rings. The second kappa shape index (κ2) is 6.04. The lowest BCUT2D eigenvalue weighted by Crippen LogP contribution is -2.43. The number of thiophene rings is 1. The minimum absolute atomic E-state index is 0.0400. The zero-order chi connectivity index (χ0) is 15.6. The summed E-state index contributed by atoms with van der Waals surface area (Å²) in [7, 11) is 0. The summed E-state index contributed by atoms with van der Waals surface area (Å²) in [5, 5.41) is 5.04. The second-order valence-electron chi connectivity index (χ2n) is 5.61. The SMILES string of the molecule is O=C(NCc1cccs1)[C@@H]1CCCN1c1nc2ccccc2o1. The van der Waals surface area contributed by atoms with Gasteiger partial charge in [-0.25, -0.2) is 0 Å². The van der Waals surface area contributed by atoms with Crippen molar-refractivity contribution in [2.45, 2.75) is 25.4 Å². The van der Waals surface area contributed by atoms with E-state index >= 15 is 0 Å². The zero-order valence-corrected chi connectivity index (χ0v) is 13.4. The van der Waals surface area contributed by atoms with E-state index in [2.05, 4.69) is 10.3 Å². The van der Waals surface area contributed by atoms with E-state index in [1.807, 2.05) is 46.7 Å². The fourth-order valence-corrected chi connectivity index (χ4v) is 3.60. The number of carbonyl (C=O) groups excluding carboxylic acids is 1. The average Bonchev–Trinajstić information content (AvgIpc) is 3.31. The molecule has 1 aromatic carbocycles. The van der Waals surface area contributed by atoms with E-state index in [4.69, 9.17) is 4.42 Å². The highest BCUT2D eigenvalue weighted by Crippen LogP contribution is 2.28. The van der Waals surface area contributed by atoms with Crippen LogP contribution in [0, 0.1) is 0 Å². The molecule has 5 nitrogen and oxygen atoms in total. The number of rotatable bonds is 4. The molecule has 1 aliphatic heterocycles. The molecule has 1 aliphatic rings. The number of carbonyl (C=O) groups is 1. The van der Waals surface area contributed by atoms with E-state index in [1.165, 1.54) is 0 Å². The topological polar surface area (TPSA) is 58.4 Å². The van der Waals surface area contributed by atoms with Crippen molar-refractivity contribution in [3.05, 3.63) is 46.7 Å². The van der Waals surface area contributed by atoms with Crippen LogP contribution in [0.25, 0.3) is 11.1 Å². The minimum Gasteiger partial charge on any atom is -0.423 e. The molecular formula is C17H17N3O2S. The number of oxazole rings is 1. The lowest BCUT2D eigenvalue weighted by atomic mass is 10.2. The Kier molecular flexibility index (Phi) is 3.75. The summed E-state index contributed by atoms with van der Waals surface area (Å²) in [4.78, 5) is 20.2. The van der Waals surface area contributed by atoms with Crippen LogP contribution in [0.3, 0.4) is 0 Å². The van der Waals surface area contributed by atoms with Gasteiger partial charge in [0.05, 0.1) is 6.54 Å². The number of hydrogen-bond acceptors (Lipinski definition) is 5. The Hall–Kier alpha value is -2.34. The van der Waals surface area contributed by atoms with Gasteiger partial charge in [0.2, 0.25) is 5.91 Å². The highest BCUT2D eigenvalue weighted by atomic mass is 32.1. The smallest absolute Gasteiger partial charge is 0.299 e. The summed E-state index contributed by atoms with van der Waals surface area (Å²) in [6.07, 6.45) is 1.80. The van der Waals surface area contributed by atoms with Crippen LogP contribution in [0.5, 0.6) is 0 Å². The minimum atomic E-state index is -0.206. The number of fused-ring (bicyclic) bond motifs is 1. The lowest BCUT2D eigenvalue weighted by molar-refractivity contribution is -0.122. The molecule has 1 N–H and O–H groups in total. The van der Waals surface area contributed by atoms with Crippen molar-refractivity contribution < 1.29 is 9.21 Å². The van der Waals surface area contributed by atoms with Crippen LogP contribution in [-0.4, -0.2) is 23.5 Å². The fraction of sp³-hybridized carbons (Fsp3) is 0.294. The normalized spacial score (nSPS) is 17.7. The molecule has 1 saturated heterocycles. The first-order valence-corrected chi connectivity index (χ1v) is 8.61. The summed E-state index contributed by atoms with van der Waals surface area (Å²) in [5.74, 6) is 0.0400. The molecule has 6 heteroatoms. The van der Waals surface area contributed by atoms with Crippen LogP contribution in [0.2, 0.25) is 0 Å². The number of hydrogen-bond donors (Lipinski definition) is 1. The van der Waals surface area contributed by atoms with E-state index in [9.17, 15) is 4.79 Å². The molecule has 1 amide bonds.